The van der Waals surface area contributed by atoms with Crippen LogP contribution in [0.25, 0.3) is 0 Å². The average molecular weight is 514 g/mol. The maximum Gasteiger partial charge on any atom is 0.319 e. The summed E-state index contributed by atoms with van der Waals surface area (Å²) < 4.78 is 10.3. The fourth-order valence-electron chi connectivity index (χ4n) is 3.23. The summed E-state index contributed by atoms with van der Waals surface area (Å²) >= 11 is 13.7. The molecular weight excluding hydrogens is 489 g/mol. The number of carbonyl (C=O) groups excluding carboxylic acids is 3. The van der Waals surface area contributed by atoms with Crippen molar-refractivity contribution in [1.82, 2.24) is 10.6 Å². The van der Waals surface area contributed by atoms with Crippen molar-refractivity contribution in [3.63, 3.8) is 0 Å². The maximum absolute atomic E-state index is 12.9. The van der Waals surface area contributed by atoms with Gasteiger partial charge in [-0.15, -0.1) is 0 Å². The van der Waals surface area contributed by atoms with Crippen LogP contribution in [0.1, 0.15) is 32.3 Å². The number of nitrogens with one attached hydrogen (secondary N) is 2. The first kappa shape index (κ1) is 26.8. The molecule has 0 aliphatic carbocycles. The summed E-state index contributed by atoms with van der Waals surface area (Å²) in [6, 6.07) is 5.09. The minimum Gasteiger partial charge on any atom is -0.491 e. The second kappa shape index (κ2) is 12.2. The van der Waals surface area contributed by atoms with Crippen LogP contribution in [-0.2, 0) is 19.1 Å². The average Bonchev–Trinajstić information content (AvgIpc) is 2.77. The maximum atomic E-state index is 12.9. The molecule has 0 unspecified atom stereocenters. The predicted molar refractivity (Wildman–Crippen MR) is 127 cm³/mol. The van der Waals surface area contributed by atoms with E-state index in [2.05, 4.69) is 16.7 Å². The Morgan fingerprint density at radius 1 is 1.30 bits per heavy atom. The Bertz CT molecular complexity index is 983. The quantitative estimate of drug-likeness (QED) is 0.382. The molecule has 1 aromatic rings. The lowest BCUT2D eigenvalue weighted by atomic mass is 9.78. The van der Waals surface area contributed by atoms with Crippen LogP contribution in [0.3, 0.4) is 0 Å². The Labute approximate surface area is 207 Å². The van der Waals surface area contributed by atoms with E-state index in [1.165, 1.54) is 12.1 Å². The summed E-state index contributed by atoms with van der Waals surface area (Å²) in [5, 5.41) is 15.8. The number of benzene rings is 1. The van der Waals surface area contributed by atoms with Gasteiger partial charge < -0.3 is 20.1 Å². The number of carbonyl (C=O) groups is 3. The van der Waals surface area contributed by atoms with Crippen LogP contribution < -0.4 is 15.4 Å². The van der Waals surface area contributed by atoms with Gasteiger partial charge in [-0.05, 0) is 30.5 Å². The molecule has 2 rings (SSSR count). The Hall–Kier alpha value is -2.41. The lowest BCUT2D eigenvalue weighted by Gasteiger charge is -2.31. The van der Waals surface area contributed by atoms with Gasteiger partial charge in [-0.3, -0.25) is 14.4 Å². The van der Waals surface area contributed by atoms with Crippen molar-refractivity contribution in [2.24, 2.45) is 11.8 Å². The second-order valence-electron chi connectivity index (χ2n) is 7.56. The SMILES string of the molecule is CCOc1c(Cl)cc([C@H]2C(C#N)=C(SCC(=O)NCC(C)C)NC(=O)[C@@H]2C(=O)OC)cc1Cl. The summed E-state index contributed by atoms with van der Waals surface area (Å²) in [7, 11) is 1.16. The van der Waals surface area contributed by atoms with Gasteiger partial charge in [-0.1, -0.05) is 48.8 Å². The molecule has 8 nitrogen and oxygen atoms in total. The molecule has 0 saturated carbocycles. The van der Waals surface area contributed by atoms with Crippen LogP contribution in [0.2, 0.25) is 10.0 Å². The normalized spacial score (nSPS) is 17.9. The number of hydrogen-bond acceptors (Lipinski definition) is 7. The third-order valence-corrected chi connectivity index (χ3v) is 6.29. The van der Waals surface area contributed by atoms with Gasteiger partial charge in [-0.2, -0.15) is 5.26 Å². The Morgan fingerprint density at radius 3 is 2.45 bits per heavy atom. The first-order valence-electron chi connectivity index (χ1n) is 10.2. The minimum absolute atomic E-state index is 0.0199. The molecule has 1 aliphatic rings. The molecule has 1 heterocycles. The zero-order valence-corrected chi connectivity index (χ0v) is 21.0. The molecule has 0 aromatic heterocycles. The van der Waals surface area contributed by atoms with Crippen molar-refractivity contribution < 1.29 is 23.9 Å². The molecule has 0 saturated heterocycles. The van der Waals surface area contributed by atoms with Crippen molar-refractivity contribution in [2.45, 2.75) is 26.7 Å². The highest BCUT2D eigenvalue weighted by molar-refractivity contribution is 8.03. The summed E-state index contributed by atoms with van der Waals surface area (Å²) in [5.74, 6) is -3.54. The number of esters is 1. The number of halogens is 2. The van der Waals surface area contributed by atoms with Gasteiger partial charge in [0, 0.05) is 12.5 Å². The Balaban J connectivity index is 2.51. The van der Waals surface area contributed by atoms with E-state index < -0.39 is 23.7 Å². The van der Waals surface area contributed by atoms with Gasteiger partial charge in [0.2, 0.25) is 11.8 Å². The van der Waals surface area contributed by atoms with Crippen molar-refractivity contribution >= 4 is 52.7 Å². The highest BCUT2D eigenvalue weighted by Crippen LogP contribution is 2.44. The summed E-state index contributed by atoms with van der Waals surface area (Å²) in [6.45, 7) is 6.55. The zero-order chi connectivity index (χ0) is 24.7. The van der Waals surface area contributed by atoms with Gasteiger partial charge in [0.15, 0.2) is 5.75 Å². The number of methoxy groups -OCH3 is 1. The van der Waals surface area contributed by atoms with E-state index >= 15 is 0 Å². The number of ether oxygens (including phenoxy) is 2. The molecule has 178 valence electrons. The predicted octanol–water partition coefficient (Wildman–Crippen LogP) is 3.64. The number of allylic oxidation sites excluding steroid dienone is 1. The first-order chi connectivity index (χ1) is 15.6. The number of nitrogens with zero attached hydrogens (tertiary/aromatic N) is 1. The first-order valence-corrected chi connectivity index (χ1v) is 11.9. The van der Waals surface area contributed by atoms with E-state index in [9.17, 15) is 19.6 Å². The molecule has 2 N–H and O–H groups in total. The van der Waals surface area contributed by atoms with Crippen LogP contribution >= 0.6 is 35.0 Å². The van der Waals surface area contributed by atoms with Crippen molar-refractivity contribution in [3.8, 4) is 11.8 Å². The fraction of sp³-hybridized carbons (Fsp3) is 0.455. The summed E-state index contributed by atoms with van der Waals surface area (Å²) in [4.78, 5) is 37.5. The second-order valence-corrected chi connectivity index (χ2v) is 9.36. The van der Waals surface area contributed by atoms with E-state index in [0.29, 0.717) is 18.7 Å². The lowest BCUT2D eigenvalue weighted by Crippen LogP contribution is -2.44. The molecule has 11 heteroatoms. The minimum atomic E-state index is -1.34. The fourth-order valence-corrected chi connectivity index (χ4v) is 4.72. The molecule has 0 fully saturated rings. The monoisotopic (exact) mass is 513 g/mol. The van der Waals surface area contributed by atoms with Crippen LogP contribution in [0.15, 0.2) is 22.7 Å². The zero-order valence-electron chi connectivity index (χ0n) is 18.7. The van der Waals surface area contributed by atoms with Gasteiger partial charge >= 0.3 is 5.97 Å². The Morgan fingerprint density at radius 2 is 1.94 bits per heavy atom. The van der Waals surface area contributed by atoms with Gasteiger partial charge in [0.25, 0.3) is 0 Å². The molecule has 2 amide bonds. The van der Waals surface area contributed by atoms with E-state index in [1.807, 2.05) is 13.8 Å². The smallest absolute Gasteiger partial charge is 0.319 e. The topological polar surface area (TPSA) is 118 Å². The number of thioether (sulfide) groups is 1. The molecule has 1 aromatic carbocycles. The number of nitriles is 1. The highest BCUT2D eigenvalue weighted by Gasteiger charge is 2.44. The van der Waals surface area contributed by atoms with E-state index in [0.717, 1.165) is 18.9 Å². The van der Waals surface area contributed by atoms with Gasteiger partial charge in [0.1, 0.15) is 5.92 Å². The summed E-state index contributed by atoms with van der Waals surface area (Å²) in [5.41, 5.74) is 0.473. The largest absolute Gasteiger partial charge is 0.491 e. The Kier molecular flexibility index (Phi) is 9.89. The van der Waals surface area contributed by atoms with Crippen LogP contribution in [0.5, 0.6) is 5.75 Å². The molecule has 0 radical (unpaired) electrons. The molecular formula is C22H25Cl2N3O5S. The molecule has 33 heavy (non-hydrogen) atoms. The van der Waals surface area contributed by atoms with E-state index in [4.69, 9.17) is 32.7 Å². The third kappa shape index (κ3) is 6.56. The number of hydrogen-bond donors (Lipinski definition) is 2. The van der Waals surface area contributed by atoms with E-state index in [-0.39, 0.29) is 44.0 Å². The van der Waals surface area contributed by atoms with Crippen LogP contribution in [0.4, 0.5) is 0 Å². The lowest BCUT2D eigenvalue weighted by molar-refractivity contribution is -0.150. The molecule has 0 bridgehead atoms. The van der Waals surface area contributed by atoms with Crippen molar-refractivity contribution in [1.29, 1.82) is 5.26 Å². The third-order valence-electron chi connectivity index (χ3n) is 4.71. The molecule has 2 atom stereocenters. The van der Waals surface area contributed by atoms with Gasteiger partial charge in [-0.25, -0.2) is 0 Å². The standard InChI is InChI=1S/C22H25Cl2N3O5S/c1-5-32-19-14(23)6-12(7-15(19)24)17-13(8-25)21(27-20(29)18(17)22(30)31-4)33-10-16(28)26-9-11(2)3/h6-7,11,17-18H,5,9-10H2,1-4H3,(H,26,28)(H,27,29)/t17-,18+/m0/s1. The number of rotatable bonds is 9. The van der Waals surface area contributed by atoms with Crippen LogP contribution in [-0.4, -0.2) is 43.8 Å². The molecule has 0 spiro atoms. The van der Waals surface area contributed by atoms with Gasteiger partial charge in [0.05, 0.1) is 46.2 Å². The van der Waals surface area contributed by atoms with E-state index in [1.54, 1.807) is 6.92 Å². The summed E-state index contributed by atoms with van der Waals surface area (Å²) in [6.07, 6.45) is 0. The highest BCUT2D eigenvalue weighted by atomic mass is 35.5. The van der Waals surface area contributed by atoms with Crippen molar-refractivity contribution in [3.05, 3.63) is 38.3 Å². The van der Waals surface area contributed by atoms with Crippen LogP contribution in [0, 0.1) is 23.2 Å². The van der Waals surface area contributed by atoms with Crippen molar-refractivity contribution in [2.75, 3.05) is 26.0 Å². The molecule has 1 aliphatic heterocycles. The number of amides is 2.